The van der Waals surface area contributed by atoms with E-state index in [0.29, 0.717) is 0 Å². The minimum Gasteiger partial charge on any atom is -0.428 e. The van der Waals surface area contributed by atoms with Gasteiger partial charge in [0, 0.05) is 5.39 Å². The smallest absolute Gasteiger partial charge is 0.132 e. The molecule has 3 aromatic rings. The van der Waals surface area contributed by atoms with Crippen LogP contribution in [0.5, 0.6) is 0 Å². The Balaban J connectivity index is 2.57. The molecule has 0 atom stereocenters. The van der Waals surface area contributed by atoms with E-state index in [4.69, 9.17) is 0 Å². The van der Waals surface area contributed by atoms with Crippen molar-refractivity contribution in [3.05, 3.63) is 31.0 Å². The van der Waals surface area contributed by atoms with Crippen LogP contribution in [0.1, 0.15) is 0 Å². The molecule has 0 fully saturated rings. The van der Waals surface area contributed by atoms with E-state index in [9.17, 15) is 5.21 Å². The highest BCUT2D eigenvalue weighted by Gasteiger charge is 2.04. The third-order valence-electron chi connectivity index (χ3n) is 2.12. The second-order valence-corrected chi connectivity index (χ2v) is 3.00. The molecule has 0 saturated heterocycles. The molecular formula is C9H6N4O. The molecule has 68 valence electrons. The fraction of sp³-hybridized carbons (Fsp3) is 0. The number of nitrogens with zero attached hydrogens (tertiary/aromatic N) is 4. The molecule has 5 heteroatoms. The SMILES string of the molecule is On1cnc2c(ccc3ncnc32)c1. The van der Waals surface area contributed by atoms with Gasteiger partial charge in [-0.1, -0.05) is 0 Å². The monoisotopic (exact) mass is 186 g/mol. The number of hydrogen-bond acceptors (Lipinski definition) is 4. The normalized spacial score (nSPS) is 11.1. The van der Waals surface area contributed by atoms with Crippen LogP contribution in [-0.4, -0.2) is 24.9 Å². The summed E-state index contributed by atoms with van der Waals surface area (Å²) < 4.78 is 0.921. The molecule has 0 spiro atoms. The molecule has 1 aromatic carbocycles. The number of aromatic nitrogens is 4. The van der Waals surface area contributed by atoms with E-state index in [1.807, 2.05) is 12.1 Å². The fourth-order valence-electron chi connectivity index (χ4n) is 1.50. The van der Waals surface area contributed by atoms with Gasteiger partial charge in [0.2, 0.25) is 0 Å². The molecule has 3 rings (SSSR count). The van der Waals surface area contributed by atoms with Crippen LogP contribution >= 0.6 is 0 Å². The van der Waals surface area contributed by atoms with Crippen molar-refractivity contribution in [2.45, 2.75) is 0 Å². The van der Waals surface area contributed by atoms with Crippen molar-refractivity contribution in [3.63, 3.8) is 0 Å². The van der Waals surface area contributed by atoms with E-state index in [-0.39, 0.29) is 0 Å². The summed E-state index contributed by atoms with van der Waals surface area (Å²) in [5.41, 5.74) is 2.34. The van der Waals surface area contributed by atoms with Gasteiger partial charge in [0.1, 0.15) is 23.7 Å². The molecule has 14 heavy (non-hydrogen) atoms. The Morgan fingerprint density at radius 1 is 1.07 bits per heavy atom. The number of rotatable bonds is 0. The van der Waals surface area contributed by atoms with Gasteiger partial charge in [0.05, 0.1) is 11.7 Å². The zero-order valence-electron chi connectivity index (χ0n) is 7.12. The van der Waals surface area contributed by atoms with Crippen molar-refractivity contribution in [3.8, 4) is 0 Å². The van der Waals surface area contributed by atoms with Crippen molar-refractivity contribution in [1.29, 1.82) is 0 Å². The summed E-state index contributed by atoms with van der Waals surface area (Å²) in [5, 5.41) is 10.0. The predicted octanol–water partition coefficient (Wildman–Crippen LogP) is 1.22. The van der Waals surface area contributed by atoms with Crippen molar-refractivity contribution >= 4 is 21.9 Å². The molecule has 0 amide bonds. The quantitative estimate of drug-likeness (QED) is 0.536. The third kappa shape index (κ3) is 0.861. The molecular weight excluding hydrogens is 180 g/mol. The average Bonchev–Trinajstić information content (AvgIpc) is 2.65. The molecule has 0 radical (unpaired) electrons. The maximum Gasteiger partial charge on any atom is 0.132 e. The van der Waals surface area contributed by atoms with Crippen molar-refractivity contribution in [2.24, 2.45) is 0 Å². The van der Waals surface area contributed by atoms with Crippen LogP contribution in [0.3, 0.4) is 0 Å². The van der Waals surface area contributed by atoms with E-state index in [2.05, 4.69) is 15.0 Å². The van der Waals surface area contributed by atoms with Crippen molar-refractivity contribution < 1.29 is 5.21 Å². The van der Waals surface area contributed by atoms with Gasteiger partial charge in [-0.3, -0.25) is 0 Å². The topological polar surface area (TPSA) is 63.8 Å². The molecule has 0 unspecified atom stereocenters. The minimum atomic E-state index is 0.755. The van der Waals surface area contributed by atoms with Gasteiger partial charge < -0.3 is 5.21 Å². The first-order valence-electron chi connectivity index (χ1n) is 4.11. The van der Waals surface area contributed by atoms with Crippen LogP contribution in [0.2, 0.25) is 0 Å². The Bertz CT molecular complexity index is 616. The number of imidazole rings is 1. The van der Waals surface area contributed by atoms with Crippen LogP contribution < -0.4 is 0 Å². The highest BCUT2D eigenvalue weighted by molar-refractivity contribution is 6.00. The summed E-state index contributed by atoms with van der Waals surface area (Å²) in [4.78, 5) is 12.3. The summed E-state index contributed by atoms with van der Waals surface area (Å²) in [7, 11) is 0. The molecule has 2 heterocycles. The van der Waals surface area contributed by atoms with Crippen LogP contribution in [0.4, 0.5) is 0 Å². The highest BCUT2D eigenvalue weighted by atomic mass is 16.5. The lowest BCUT2D eigenvalue weighted by Gasteiger charge is -1.99. The van der Waals surface area contributed by atoms with Crippen molar-refractivity contribution in [1.82, 2.24) is 19.7 Å². The summed E-state index contributed by atoms with van der Waals surface area (Å²) in [6.45, 7) is 0. The zero-order chi connectivity index (χ0) is 9.54. The van der Waals surface area contributed by atoms with Crippen LogP contribution in [0.15, 0.2) is 31.0 Å². The number of benzene rings is 1. The predicted molar refractivity (Wildman–Crippen MR) is 50.0 cm³/mol. The van der Waals surface area contributed by atoms with Gasteiger partial charge >= 0.3 is 0 Å². The lowest BCUT2D eigenvalue weighted by molar-refractivity contribution is 0.182. The van der Waals surface area contributed by atoms with E-state index < -0.39 is 0 Å². The summed E-state index contributed by atoms with van der Waals surface area (Å²) in [5.74, 6) is 0. The summed E-state index contributed by atoms with van der Waals surface area (Å²) in [6.07, 6.45) is 4.42. The Labute approximate surface area is 78.6 Å². The molecule has 0 aliphatic heterocycles. The largest absolute Gasteiger partial charge is 0.428 e. The van der Waals surface area contributed by atoms with Gasteiger partial charge in [-0.25, -0.2) is 15.0 Å². The summed E-state index contributed by atoms with van der Waals surface area (Å²) in [6, 6.07) is 3.71. The zero-order valence-corrected chi connectivity index (χ0v) is 7.12. The second kappa shape index (κ2) is 2.41. The average molecular weight is 186 g/mol. The number of fused-ring (bicyclic) bond motifs is 3. The Morgan fingerprint density at radius 3 is 2.93 bits per heavy atom. The lowest BCUT2D eigenvalue weighted by Crippen LogP contribution is -1.93. The molecule has 0 bridgehead atoms. The van der Waals surface area contributed by atoms with Gasteiger partial charge in [0.15, 0.2) is 0 Å². The van der Waals surface area contributed by atoms with Gasteiger partial charge in [-0.15, -0.1) is 0 Å². The highest BCUT2D eigenvalue weighted by Crippen LogP contribution is 2.19. The molecule has 2 aromatic heterocycles. The van der Waals surface area contributed by atoms with E-state index in [1.165, 1.54) is 12.7 Å². The first-order chi connectivity index (χ1) is 6.84. The maximum atomic E-state index is 9.17. The van der Waals surface area contributed by atoms with Gasteiger partial charge in [-0.2, -0.15) is 4.73 Å². The standard InChI is InChI=1S/C9H6N4O/c14-13-3-6-1-2-7-9(11-4-10-7)8(6)12-5-13/h1-5,14H. The van der Waals surface area contributed by atoms with Crippen LogP contribution in [-0.2, 0) is 0 Å². The number of hydrogen-bond donors (Lipinski definition) is 1. The van der Waals surface area contributed by atoms with E-state index in [1.54, 1.807) is 6.20 Å². The Hall–Kier alpha value is -2.17. The van der Waals surface area contributed by atoms with Crippen LogP contribution in [0.25, 0.3) is 21.9 Å². The van der Waals surface area contributed by atoms with Gasteiger partial charge in [-0.05, 0) is 12.1 Å². The van der Waals surface area contributed by atoms with Gasteiger partial charge in [0.25, 0.3) is 0 Å². The van der Waals surface area contributed by atoms with Crippen LogP contribution in [0, 0.1) is 0 Å². The summed E-state index contributed by atoms with van der Waals surface area (Å²) >= 11 is 0. The molecule has 0 aliphatic rings. The molecule has 5 nitrogen and oxygen atoms in total. The van der Waals surface area contributed by atoms with E-state index >= 15 is 0 Å². The van der Waals surface area contributed by atoms with E-state index in [0.717, 1.165) is 26.7 Å². The van der Waals surface area contributed by atoms with Crippen molar-refractivity contribution in [2.75, 3.05) is 0 Å². The molecule has 0 aliphatic carbocycles. The lowest BCUT2D eigenvalue weighted by atomic mass is 10.2. The Morgan fingerprint density at radius 2 is 2.00 bits per heavy atom. The first-order valence-corrected chi connectivity index (χ1v) is 4.11. The second-order valence-electron chi connectivity index (χ2n) is 3.00. The minimum absolute atomic E-state index is 0.755. The Kier molecular flexibility index (Phi) is 1.25. The third-order valence-corrected chi connectivity index (χ3v) is 2.12. The molecule has 1 N–H and O–H groups in total. The fourth-order valence-corrected chi connectivity index (χ4v) is 1.50. The maximum absolute atomic E-state index is 9.17. The first kappa shape index (κ1) is 7.25. The molecule has 0 saturated carbocycles.